The summed E-state index contributed by atoms with van der Waals surface area (Å²) in [5.41, 5.74) is 1.60. The fourth-order valence-corrected chi connectivity index (χ4v) is 1.31. The molecule has 3 nitrogen and oxygen atoms in total. The zero-order valence-corrected chi connectivity index (χ0v) is 9.03. The third-order valence-corrected chi connectivity index (χ3v) is 2.24. The monoisotopic (exact) mass is 202 g/mol. The second-order valence-electron chi connectivity index (χ2n) is 3.56. The SMILES string of the molecule is CN(C)C(=O)CCc1ccccc1C#N. The van der Waals surface area contributed by atoms with E-state index in [-0.39, 0.29) is 5.91 Å². The Labute approximate surface area is 89.9 Å². The maximum Gasteiger partial charge on any atom is 0.222 e. The second kappa shape index (κ2) is 5.16. The first-order valence-corrected chi connectivity index (χ1v) is 4.83. The van der Waals surface area contributed by atoms with Crippen molar-refractivity contribution < 1.29 is 4.79 Å². The predicted molar refractivity (Wildman–Crippen MR) is 58.2 cm³/mol. The smallest absolute Gasteiger partial charge is 0.222 e. The van der Waals surface area contributed by atoms with E-state index in [2.05, 4.69) is 6.07 Å². The summed E-state index contributed by atoms with van der Waals surface area (Å²) in [4.78, 5) is 12.9. The molecule has 1 rings (SSSR count). The van der Waals surface area contributed by atoms with Crippen LogP contribution in [0, 0.1) is 11.3 Å². The highest BCUT2D eigenvalue weighted by Gasteiger charge is 2.06. The minimum Gasteiger partial charge on any atom is -0.349 e. The normalized spacial score (nSPS) is 9.40. The zero-order valence-electron chi connectivity index (χ0n) is 9.03. The minimum absolute atomic E-state index is 0.0859. The fraction of sp³-hybridized carbons (Fsp3) is 0.333. The van der Waals surface area contributed by atoms with Crippen molar-refractivity contribution in [3.63, 3.8) is 0 Å². The van der Waals surface area contributed by atoms with Gasteiger partial charge >= 0.3 is 0 Å². The number of amides is 1. The van der Waals surface area contributed by atoms with E-state index in [1.54, 1.807) is 25.1 Å². The van der Waals surface area contributed by atoms with Crippen LogP contribution in [0.5, 0.6) is 0 Å². The van der Waals surface area contributed by atoms with Crippen LogP contribution in [-0.4, -0.2) is 24.9 Å². The summed E-state index contributed by atoms with van der Waals surface area (Å²) in [6.45, 7) is 0. The molecule has 0 fully saturated rings. The molecule has 15 heavy (non-hydrogen) atoms. The van der Waals surface area contributed by atoms with Gasteiger partial charge in [0.25, 0.3) is 0 Å². The van der Waals surface area contributed by atoms with Gasteiger partial charge in [-0.25, -0.2) is 0 Å². The molecule has 0 unspecified atom stereocenters. The summed E-state index contributed by atoms with van der Waals surface area (Å²) >= 11 is 0. The fourth-order valence-electron chi connectivity index (χ4n) is 1.31. The van der Waals surface area contributed by atoms with Crippen LogP contribution in [-0.2, 0) is 11.2 Å². The average Bonchev–Trinajstić information content (AvgIpc) is 2.26. The first kappa shape index (κ1) is 11.3. The van der Waals surface area contributed by atoms with Gasteiger partial charge in [0.15, 0.2) is 0 Å². The Morgan fingerprint density at radius 1 is 1.40 bits per heavy atom. The van der Waals surface area contributed by atoms with Crippen LogP contribution in [0.4, 0.5) is 0 Å². The van der Waals surface area contributed by atoms with Gasteiger partial charge in [0.1, 0.15) is 0 Å². The van der Waals surface area contributed by atoms with Crippen LogP contribution < -0.4 is 0 Å². The van der Waals surface area contributed by atoms with E-state index >= 15 is 0 Å². The molecule has 0 atom stereocenters. The number of rotatable bonds is 3. The molecule has 0 aromatic heterocycles. The van der Waals surface area contributed by atoms with Gasteiger partial charge in [-0.2, -0.15) is 5.26 Å². The lowest BCUT2D eigenvalue weighted by molar-refractivity contribution is -0.128. The molecule has 0 bridgehead atoms. The molecule has 3 heteroatoms. The third kappa shape index (κ3) is 3.10. The number of aryl methyl sites for hydroxylation is 1. The molecular weight excluding hydrogens is 188 g/mol. The van der Waals surface area contributed by atoms with Gasteiger partial charge < -0.3 is 4.90 Å². The van der Waals surface area contributed by atoms with Crippen LogP contribution in [0.15, 0.2) is 24.3 Å². The Balaban J connectivity index is 2.66. The maximum atomic E-state index is 11.4. The highest BCUT2D eigenvalue weighted by Crippen LogP contribution is 2.10. The van der Waals surface area contributed by atoms with Gasteiger partial charge in [-0.3, -0.25) is 4.79 Å². The van der Waals surface area contributed by atoms with Crippen LogP contribution in [0.25, 0.3) is 0 Å². The van der Waals surface area contributed by atoms with Crippen molar-refractivity contribution in [3.8, 4) is 6.07 Å². The second-order valence-corrected chi connectivity index (χ2v) is 3.56. The summed E-state index contributed by atoms with van der Waals surface area (Å²) in [7, 11) is 3.47. The zero-order chi connectivity index (χ0) is 11.3. The Morgan fingerprint density at radius 2 is 2.07 bits per heavy atom. The Bertz CT molecular complexity index is 391. The highest BCUT2D eigenvalue weighted by molar-refractivity contribution is 5.75. The van der Waals surface area contributed by atoms with Gasteiger partial charge in [-0.15, -0.1) is 0 Å². The number of hydrogen-bond acceptors (Lipinski definition) is 2. The Morgan fingerprint density at radius 3 is 2.67 bits per heavy atom. The van der Waals surface area contributed by atoms with Crippen molar-refractivity contribution in [1.82, 2.24) is 4.90 Å². The van der Waals surface area contributed by atoms with E-state index in [4.69, 9.17) is 5.26 Å². The maximum absolute atomic E-state index is 11.4. The van der Waals surface area contributed by atoms with E-state index < -0.39 is 0 Å². The lowest BCUT2D eigenvalue weighted by atomic mass is 10.0. The van der Waals surface area contributed by atoms with Gasteiger partial charge in [0.2, 0.25) is 5.91 Å². The number of hydrogen-bond donors (Lipinski definition) is 0. The molecule has 0 aliphatic carbocycles. The number of carbonyl (C=O) groups is 1. The molecule has 0 aliphatic rings. The average molecular weight is 202 g/mol. The molecule has 0 N–H and O–H groups in total. The standard InChI is InChI=1S/C12H14N2O/c1-14(2)12(15)8-7-10-5-3-4-6-11(10)9-13/h3-6H,7-8H2,1-2H3. The van der Waals surface area contributed by atoms with Crippen LogP contribution in [0.3, 0.4) is 0 Å². The van der Waals surface area contributed by atoms with Crippen molar-refractivity contribution in [1.29, 1.82) is 5.26 Å². The molecule has 0 saturated carbocycles. The quantitative estimate of drug-likeness (QED) is 0.747. The Kier molecular flexibility index (Phi) is 3.87. The van der Waals surface area contributed by atoms with E-state index in [1.807, 2.05) is 18.2 Å². The molecular formula is C12H14N2O. The molecule has 1 aromatic rings. The molecule has 0 spiro atoms. The first-order chi connectivity index (χ1) is 7.15. The number of nitrogens with zero attached hydrogens (tertiary/aromatic N) is 2. The lowest BCUT2D eigenvalue weighted by Gasteiger charge is -2.10. The van der Waals surface area contributed by atoms with Crippen molar-refractivity contribution in [3.05, 3.63) is 35.4 Å². The predicted octanol–water partition coefficient (Wildman–Crippen LogP) is 1.58. The van der Waals surface area contributed by atoms with Crippen molar-refractivity contribution in [2.24, 2.45) is 0 Å². The summed E-state index contributed by atoms with van der Waals surface area (Å²) in [6, 6.07) is 9.50. The number of nitriles is 1. The highest BCUT2D eigenvalue weighted by atomic mass is 16.2. The lowest BCUT2D eigenvalue weighted by Crippen LogP contribution is -2.21. The molecule has 78 valence electrons. The van der Waals surface area contributed by atoms with Crippen LogP contribution in [0.1, 0.15) is 17.5 Å². The van der Waals surface area contributed by atoms with Gasteiger partial charge in [-0.05, 0) is 18.1 Å². The van der Waals surface area contributed by atoms with Crippen molar-refractivity contribution >= 4 is 5.91 Å². The molecule has 0 aliphatic heterocycles. The summed E-state index contributed by atoms with van der Waals surface area (Å²) in [5, 5.41) is 8.85. The van der Waals surface area contributed by atoms with E-state index in [0.717, 1.165) is 5.56 Å². The van der Waals surface area contributed by atoms with Crippen LogP contribution >= 0.6 is 0 Å². The molecule has 1 aromatic carbocycles. The number of carbonyl (C=O) groups excluding carboxylic acids is 1. The van der Waals surface area contributed by atoms with E-state index in [0.29, 0.717) is 18.4 Å². The van der Waals surface area contributed by atoms with E-state index in [9.17, 15) is 4.79 Å². The molecule has 0 heterocycles. The van der Waals surface area contributed by atoms with Crippen molar-refractivity contribution in [2.45, 2.75) is 12.8 Å². The third-order valence-electron chi connectivity index (χ3n) is 2.24. The van der Waals surface area contributed by atoms with Gasteiger partial charge in [0.05, 0.1) is 11.6 Å². The summed E-state index contributed by atoms with van der Waals surface area (Å²) < 4.78 is 0. The minimum atomic E-state index is 0.0859. The van der Waals surface area contributed by atoms with E-state index in [1.165, 1.54) is 0 Å². The van der Waals surface area contributed by atoms with Crippen LogP contribution in [0.2, 0.25) is 0 Å². The Hall–Kier alpha value is -1.82. The number of benzene rings is 1. The van der Waals surface area contributed by atoms with Gasteiger partial charge in [-0.1, -0.05) is 18.2 Å². The molecule has 0 saturated heterocycles. The molecule has 0 radical (unpaired) electrons. The molecule has 1 amide bonds. The first-order valence-electron chi connectivity index (χ1n) is 4.83. The topological polar surface area (TPSA) is 44.1 Å². The van der Waals surface area contributed by atoms with Crippen molar-refractivity contribution in [2.75, 3.05) is 14.1 Å². The summed E-state index contributed by atoms with van der Waals surface area (Å²) in [5.74, 6) is 0.0859. The largest absolute Gasteiger partial charge is 0.349 e. The van der Waals surface area contributed by atoms with Gasteiger partial charge in [0, 0.05) is 20.5 Å². The summed E-state index contributed by atoms with van der Waals surface area (Å²) in [6.07, 6.45) is 1.08.